The molecule has 2 N–H and O–H groups in total. The average Bonchev–Trinajstić information content (AvgIpc) is 3.25. The number of hydrogen-bond donors (Lipinski definition) is 2. The van der Waals surface area contributed by atoms with Crippen molar-refractivity contribution in [3.05, 3.63) is 101 Å². The molecule has 6 nitrogen and oxygen atoms in total. The van der Waals surface area contributed by atoms with Crippen molar-refractivity contribution in [1.29, 1.82) is 0 Å². The van der Waals surface area contributed by atoms with Crippen molar-refractivity contribution in [2.45, 2.75) is 0 Å². The lowest BCUT2D eigenvalue weighted by Gasteiger charge is -2.07. The minimum Gasteiger partial charge on any atom is -0.355 e. The van der Waals surface area contributed by atoms with Gasteiger partial charge in [0.1, 0.15) is 5.69 Å². The first-order valence-corrected chi connectivity index (χ1v) is 9.97. The molecule has 0 aliphatic carbocycles. The number of halogens is 1. The van der Waals surface area contributed by atoms with Gasteiger partial charge < -0.3 is 10.6 Å². The van der Waals surface area contributed by atoms with Crippen LogP contribution in [0.4, 0.5) is 5.69 Å². The Morgan fingerprint density at radius 1 is 0.903 bits per heavy atom. The van der Waals surface area contributed by atoms with Crippen LogP contribution < -0.4 is 10.6 Å². The van der Waals surface area contributed by atoms with Crippen LogP contribution in [0.3, 0.4) is 0 Å². The van der Waals surface area contributed by atoms with Crippen LogP contribution in [0.15, 0.2) is 85.1 Å². The molecule has 0 radical (unpaired) electrons. The van der Waals surface area contributed by atoms with Crippen molar-refractivity contribution in [2.24, 2.45) is 0 Å². The molecule has 0 saturated heterocycles. The molecule has 4 aromatic rings. The van der Waals surface area contributed by atoms with Gasteiger partial charge in [0, 0.05) is 35.1 Å². The van der Waals surface area contributed by atoms with Crippen LogP contribution in [0.25, 0.3) is 16.9 Å². The summed E-state index contributed by atoms with van der Waals surface area (Å²) in [6.07, 6.45) is 1.69. The maximum atomic E-state index is 13.2. The molecule has 1 aromatic heterocycles. The standard InChI is InChI=1S/C24H19ClN4O2/c1-26-23(30)17-6-5-7-19(14-17)27-24(31)21-15-29(20-8-3-2-4-9-20)28-22(21)16-10-12-18(25)13-11-16/h2-15H,1H3,(H,26,30)(H,27,31). The van der Waals surface area contributed by atoms with E-state index in [9.17, 15) is 9.59 Å². The van der Waals surface area contributed by atoms with Crippen molar-refractivity contribution in [3.8, 4) is 16.9 Å². The number of anilines is 1. The number of carbonyl (C=O) groups is 2. The zero-order valence-electron chi connectivity index (χ0n) is 16.7. The second kappa shape index (κ2) is 8.85. The van der Waals surface area contributed by atoms with E-state index >= 15 is 0 Å². The zero-order valence-corrected chi connectivity index (χ0v) is 17.4. The molecule has 0 aliphatic heterocycles. The van der Waals surface area contributed by atoms with Crippen molar-refractivity contribution in [3.63, 3.8) is 0 Å². The molecule has 0 aliphatic rings. The average molecular weight is 431 g/mol. The van der Waals surface area contributed by atoms with Gasteiger partial charge in [0.2, 0.25) is 0 Å². The molecule has 0 fully saturated rings. The lowest BCUT2D eigenvalue weighted by Crippen LogP contribution is -2.18. The Kier molecular flexibility index (Phi) is 5.82. The predicted molar refractivity (Wildman–Crippen MR) is 122 cm³/mol. The van der Waals surface area contributed by atoms with Gasteiger partial charge in [-0.2, -0.15) is 5.10 Å². The first kappa shape index (κ1) is 20.4. The van der Waals surface area contributed by atoms with E-state index in [0.29, 0.717) is 27.5 Å². The molecular formula is C24H19ClN4O2. The van der Waals surface area contributed by atoms with E-state index in [1.54, 1.807) is 54.3 Å². The minimum absolute atomic E-state index is 0.227. The second-order valence-corrected chi connectivity index (χ2v) is 7.23. The summed E-state index contributed by atoms with van der Waals surface area (Å²) in [5.74, 6) is -0.559. The Morgan fingerprint density at radius 2 is 1.65 bits per heavy atom. The Hall–Kier alpha value is -3.90. The Labute approximate surface area is 184 Å². The fourth-order valence-electron chi connectivity index (χ4n) is 3.16. The summed E-state index contributed by atoms with van der Waals surface area (Å²) in [5.41, 5.74) is 3.50. The quantitative estimate of drug-likeness (QED) is 0.477. The fourth-order valence-corrected chi connectivity index (χ4v) is 3.28. The molecule has 0 unspecified atom stereocenters. The maximum absolute atomic E-state index is 13.2. The number of carbonyl (C=O) groups excluding carboxylic acids is 2. The topological polar surface area (TPSA) is 76.0 Å². The van der Waals surface area contributed by atoms with Gasteiger partial charge in [-0.1, -0.05) is 48.0 Å². The summed E-state index contributed by atoms with van der Waals surface area (Å²) < 4.78 is 1.67. The smallest absolute Gasteiger partial charge is 0.259 e. The number of nitrogens with zero attached hydrogens (tertiary/aromatic N) is 2. The van der Waals surface area contributed by atoms with E-state index in [0.717, 1.165) is 11.3 Å². The Balaban J connectivity index is 1.72. The van der Waals surface area contributed by atoms with E-state index in [1.807, 2.05) is 42.5 Å². The molecule has 154 valence electrons. The first-order chi connectivity index (χ1) is 15.0. The summed E-state index contributed by atoms with van der Waals surface area (Å²) in [6, 6.07) is 23.5. The third-order valence-electron chi connectivity index (χ3n) is 4.71. The summed E-state index contributed by atoms with van der Waals surface area (Å²) in [5, 5.41) is 10.7. The molecule has 2 amide bonds. The highest BCUT2D eigenvalue weighted by atomic mass is 35.5. The van der Waals surface area contributed by atoms with Crippen molar-refractivity contribution in [1.82, 2.24) is 15.1 Å². The number of benzene rings is 3. The molecule has 1 heterocycles. The summed E-state index contributed by atoms with van der Waals surface area (Å²) in [4.78, 5) is 25.1. The van der Waals surface area contributed by atoms with Crippen LogP contribution in [-0.2, 0) is 0 Å². The third-order valence-corrected chi connectivity index (χ3v) is 4.96. The molecule has 0 bridgehead atoms. The maximum Gasteiger partial charge on any atom is 0.259 e. The van der Waals surface area contributed by atoms with Crippen LogP contribution in [0.5, 0.6) is 0 Å². The van der Waals surface area contributed by atoms with Gasteiger partial charge in [0.25, 0.3) is 11.8 Å². The van der Waals surface area contributed by atoms with Gasteiger partial charge in [-0.3, -0.25) is 9.59 Å². The first-order valence-electron chi connectivity index (χ1n) is 9.59. The van der Waals surface area contributed by atoms with Crippen LogP contribution in [0, 0.1) is 0 Å². The van der Waals surface area contributed by atoms with Gasteiger partial charge in [-0.05, 0) is 42.5 Å². The number of hydrogen-bond acceptors (Lipinski definition) is 3. The molecule has 0 atom stereocenters. The summed E-state index contributed by atoms with van der Waals surface area (Å²) >= 11 is 6.02. The van der Waals surface area contributed by atoms with Crippen molar-refractivity contribution >= 4 is 29.1 Å². The van der Waals surface area contributed by atoms with Crippen molar-refractivity contribution < 1.29 is 9.59 Å². The molecule has 4 rings (SSSR count). The number of para-hydroxylation sites is 1. The fraction of sp³-hybridized carbons (Fsp3) is 0.0417. The van der Waals surface area contributed by atoms with Crippen LogP contribution in [0.2, 0.25) is 5.02 Å². The summed E-state index contributed by atoms with van der Waals surface area (Å²) in [7, 11) is 1.56. The molecular weight excluding hydrogens is 412 g/mol. The van der Waals surface area contributed by atoms with Gasteiger partial charge in [-0.15, -0.1) is 0 Å². The normalized spacial score (nSPS) is 10.5. The number of aromatic nitrogens is 2. The largest absolute Gasteiger partial charge is 0.355 e. The predicted octanol–water partition coefficient (Wildman–Crippen LogP) is 4.80. The van der Waals surface area contributed by atoms with E-state index in [4.69, 9.17) is 11.6 Å². The summed E-state index contributed by atoms with van der Waals surface area (Å²) in [6.45, 7) is 0. The molecule has 31 heavy (non-hydrogen) atoms. The number of rotatable bonds is 5. The van der Waals surface area contributed by atoms with Crippen LogP contribution in [0.1, 0.15) is 20.7 Å². The SMILES string of the molecule is CNC(=O)c1cccc(NC(=O)c2cn(-c3ccccc3)nc2-c2ccc(Cl)cc2)c1. The van der Waals surface area contributed by atoms with E-state index in [1.165, 1.54) is 0 Å². The van der Waals surface area contributed by atoms with Gasteiger partial charge in [0.05, 0.1) is 11.3 Å². The molecule has 0 spiro atoms. The molecule has 0 saturated carbocycles. The van der Waals surface area contributed by atoms with E-state index in [-0.39, 0.29) is 11.8 Å². The number of amides is 2. The lowest BCUT2D eigenvalue weighted by molar-refractivity contribution is 0.0961. The monoisotopic (exact) mass is 430 g/mol. The van der Waals surface area contributed by atoms with Crippen molar-refractivity contribution in [2.75, 3.05) is 12.4 Å². The van der Waals surface area contributed by atoms with Gasteiger partial charge >= 0.3 is 0 Å². The van der Waals surface area contributed by atoms with Crippen LogP contribution >= 0.6 is 11.6 Å². The Bertz CT molecular complexity index is 1230. The molecule has 7 heteroatoms. The lowest BCUT2D eigenvalue weighted by atomic mass is 10.1. The van der Waals surface area contributed by atoms with E-state index < -0.39 is 0 Å². The third kappa shape index (κ3) is 4.49. The number of nitrogens with one attached hydrogen (secondary N) is 2. The van der Waals surface area contributed by atoms with Gasteiger partial charge in [-0.25, -0.2) is 4.68 Å². The second-order valence-electron chi connectivity index (χ2n) is 6.79. The highest BCUT2D eigenvalue weighted by Gasteiger charge is 2.19. The highest BCUT2D eigenvalue weighted by molar-refractivity contribution is 6.30. The van der Waals surface area contributed by atoms with Crippen LogP contribution in [-0.4, -0.2) is 28.6 Å². The zero-order chi connectivity index (χ0) is 21.8. The highest BCUT2D eigenvalue weighted by Crippen LogP contribution is 2.26. The van der Waals surface area contributed by atoms with E-state index in [2.05, 4.69) is 15.7 Å². The Morgan fingerprint density at radius 3 is 2.35 bits per heavy atom. The molecule has 3 aromatic carbocycles. The van der Waals surface area contributed by atoms with Gasteiger partial charge in [0.15, 0.2) is 0 Å². The minimum atomic E-state index is -0.332.